The van der Waals surface area contributed by atoms with E-state index < -0.39 is 0 Å². The van der Waals surface area contributed by atoms with Crippen LogP contribution in [0.1, 0.15) is 30.8 Å². The predicted octanol–water partition coefficient (Wildman–Crippen LogP) is 6.35. The van der Waals surface area contributed by atoms with Crippen molar-refractivity contribution in [1.29, 1.82) is 0 Å². The number of hydrogen-bond donors (Lipinski definition) is 1. The van der Waals surface area contributed by atoms with Crippen molar-refractivity contribution in [3.8, 4) is 22.7 Å². The van der Waals surface area contributed by atoms with E-state index in [2.05, 4.69) is 56.5 Å². The van der Waals surface area contributed by atoms with Crippen LogP contribution in [0.5, 0.6) is 0 Å². The SMILES string of the molecule is CCc1cc2c(ccc(=O)n2Cc2ccc3oc(-c4ccccc4-c4nnn[nH]4)c(Br)c3c2)c(CC)n1.Cl. The molecule has 38 heavy (non-hydrogen) atoms. The molecule has 0 saturated carbocycles. The summed E-state index contributed by atoms with van der Waals surface area (Å²) in [7, 11) is 0. The first-order valence-electron chi connectivity index (χ1n) is 12.1. The number of aromatic nitrogens is 6. The fraction of sp³-hybridized carbons (Fsp3) is 0.179. The molecule has 1 N–H and O–H groups in total. The van der Waals surface area contributed by atoms with Gasteiger partial charge in [0.05, 0.1) is 16.5 Å². The molecule has 0 aliphatic rings. The maximum absolute atomic E-state index is 13.0. The van der Waals surface area contributed by atoms with Crippen molar-refractivity contribution in [2.75, 3.05) is 0 Å². The van der Waals surface area contributed by atoms with Crippen LogP contribution < -0.4 is 5.56 Å². The molecule has 0 unspecified atom stereocenters. The van der Waals surface area contributed by atoms with E-state index in [-0.39, 0.29) is 18.0 Å². The third kappa shape index (κ3) is 4.41. The van der Waals surface area contributed by atoms with E-state index in [0.717, 1.165) is 67.3 Å². The molecule has 0 aliphatic carbocycles. The highest BCUT2D eigenvalue weighted by Gasteiger charge is 2.19. The lowest BCUT2D eigenvalue weighted by Gasteiger charge is -2.14. The van der Waals surface area contributed by atoms with Crippen LogP contribution in [0.2, 0.25) is 0 Å². The van der Waals surface area contributed by atoms with E-state index in [0.29, 0.717) is 18.1 Å². The summed E-state index contributed by atoms with van der Waals surface area (Å²) in [6.45, 7) is 4.61. The van der Waals surface area contributed by atoms with Gasteiger partial charge in [0.15, 0.2) is 5.82 Å². The lowest BCUT2D eigenvalue weighted by atomic mass is 10.0. The molecule has 0 aliphatic heterocycles. The maximum Gasteiger partial charge on any atom is 0.251 e. The normalized spacial score (nSPS) is 11.2. The average Bonchev–Trinajstić information content (AvgIpc) is 3.58. The summed E-state index contributed by atoms with van der Waals surface area (Å²) < 4.78 is 8.94. The molecule has 0 atom stereocenters. The number of pyridine rings is 2. The molecule has 192 valence electrons. The van der Waals surface area contributed by atoms with E-state index in [4.69, 9.17) is 9.40 Å². The second-order valence-electron chi connectivity index (χ2n) is 8.83. The molecule has 0 fully saturated rings. The number of tetrazole rings is 1. The molecule has 0 amide bonds. The number of aryl methyl sites for hydroxylation is 2. The molecule has 0 bridgehead atoms. The number of benzene rings is 2. The Labute approximate surface area is 232 Å². The maximum atomic E-state index is 13.0. The number of rotatable bonds is 6. The van der Waals surface area contributed by atoms with Gasteiger partial charge in [0.1, 0.15) is 11.3 Å². The highest BCUT2D eigenvalue weighted by atomic mass is 79.9. The number of aromatic amines is 1. The van der Waals surface area contributed by atoms with Crippen LogP contribution in [0, 0.1) is 0 Å². The summed E-state index contributed by atoms with van der Waals surface area (Å²) in [5.41, 5.74) is 6.32. The van der Waals surface area contributed by atoms with Crippen LogP contribution >= 0.6 is 28.3 Å². The summed E-state index contributed by atoms with van der Waals surface area (Å²) in [5.74, 6) is 1.25. The zero-order valence-corrected chi connectivity index (χ0v) is 23.1. The third-order valence-corrected chi connectivity index (χ3v) is 7.41. The van der Waals surface area contributed by atoms with Crippen LogP contribution in [0.15, 0.2) is 74.3 Å². The molecule has 4 heterocycles. The van der Waals surface area contributed by atoms with Crippen molar-refractivity contribution >= 4 is 50.2 Å². The Morgan fingerprint density at radius 1 is 0.974 bits per heavy atom. The van der Waals surface area contributed by atoms with Gasteiger partial charge in [-0.2, -0.15) is 0 Å². The van der Waals surface area contributed by atoms with Gasteiger partial charge in [0.2, 0.25) is 0 Å². The van der Waals surface area contributed by atoms with Crippen LogP contribution in [0.3, 0.4) is 0 Å². The first kappa shape index (κ1) is 25.8. The topological polar surface area (TPSA) is 102 Å². The fourth-order valence-electron chi connectivity index (χ4n) is 4.76. The Hall–Kier alpha value is -3.82. The number of nitrogens with one attached hydrogen (secondary N) is 1. The zero-order chi connectivity index (χ0) is 25.5. The highest BCUT2D eigenvalue weighted by molar-refractivity contribution is 9.10. The van der Waals surface area contributed by atoms with Gasteiger partial charge in [-0.25, -0.2) is 5.10 Å². The van der Waals surface area contributed by atoms with Gasteiger partial charge in [-0.15, -0.1) is 17.5 Å². The van der Waals surface area contributed by atoms with Crippen LogP contribution in [-0.2, 0) is 19.4 Å². The van der Waals surface area contributed by atoms with Gasteiger partial charge in [-0.05, 0) is 69.0 Å². The smallest absolute Gasteiger partial charge is 0.251 e. The lowest BCUT2D eigenvalue weighted by molar-refractivity contribution is 0.630. The number of fused-ring (bicyclic) bond motifs is 2. The van der Waals surface area contributed by atoms with Gasteiger partial charge < -0.3 is 8.98 Å². The molecule has 0 saturated heterocycles. The minimum Gasteiger partial charge on any atom is -0.455 e. The van der Waals surface area contributed by atoms with Crippen molar-refractivity contribution in [2.24, 2.45) is 0 Å². The van der Waals surface area contributed by atoms with Gasteiger partial charge >= 0.3 is 0 Å². The minimum atomic E-state index is -0.0376. The average molecular weight is 592 g/mol. The number of H-pyrrole nitrogens is 1. The van der Waals surface area contributed by atoms with E-state index in [1.807, 2.05) is 53.1 Å². The van der Waals surface area contributed by atoms with Crippen molar-refractivity contribution in [2.45, 2.75) is 33.2 Å². The Morgan fingerprint density at radius 3 is 2.53 bits per heavy atom. The Balaban J connectivity index is 0.00000294. The van der Waals surface area contributed by atoms with Crippen LogP contribution in [-0.4, -0.2) is 30.2 Å². The van der Waals surface area contributed by atoms with Crippen LogP contribution in [0.4, 0.5) is 0 Å². The quantitative estimate of drug-likeness (QED) is 0.242. The Bertz CT molecular complexity index is 1830. The monoisotopic (exact) mass is 590 g/mol. The van der Waals surface area contributed by atoms with Gasteiger partial charge in [-0.3, -0.25) is 9.78 Å². The second-order valence-corrected chi connectivity index (χ2v) is 9.62. The first-order valence-corrected chi connectivity index (χ1v) is 12.9. The molecule has 0 radical (unpaired) electrons. The molecule has 0 spiro atoms. The predicted molar refractivity (Wildman–Crippen MR) is 154 cm³/mol. The Kier molecular flexibility index (Phi) is 7.14. The third-order valence-electron chi connectivity index (χ3n) is 6.62. The molecule has 2 aromatic carbocycles. The second kappa shape index (κ2) is 10.5. The molecular weight excluding hydrogens is 568 g/mol. The highest BCUT2D eigenvalue weighted by Crippen LogP contribution is 2.41. The largest absolute Gasteiger partial charge is 0.455 e. The van der Waals surface area contributed by atoms with E-state index in [1.54, 1.807) is 6.07 Å². The van der Waals surface area contributed by atoms with E-state index in [1.165, 1.54) is 0 Å². The summed E-state index contributed by atoms with van der Waals surface area (Å²) in [6.07, 6.45) is 1.62. The molecule has 10 heteroatoms. The molecule has 4 aromatic heterocycles. The van der Waals surface area contributed by atoms with E-state index in [9.17, 15) is 4.79 Å². The first-order chi connectivity index (χ1) is 18.1. The molecule has 6 rings (SSSR count). The standard InChI is InChI=1S/C28H23BrN6O2.ClH/c1-3-17-14-23-20(22(4-2)30-17)10-12-25(36)35(23)15-16-9-11-24-21(13-16)26(29)27(37-24)18-7-5-6-8-19(18)28-31-33-34-32-28;/h5-14H,3-4,15H2,1-2H3,(H,31,32,33,34);1H. The van der Waals surface area contributed by atoms with Crippen molar-refractivity contribution in [3.05, 3.63) is 92.4 Å². The number of hydrogen-bond acceptors (Lipinski definition) is 6. The van der Waals surface area contributed by atoms with E-state index >= 15 is 0 Å². The summed E-state index contributed by atoms with van der Waals surface area (Å²) in [5, 5.41) is 16.2. The van der Waals surface area contributed by atoms with Gasteiger partial charge in [0.25, 0.3) is 5.56 Å². The number of halogens is 2. The fourth-order valence-corrected chi connectivity index (χ4v) is 5.37. The van der Waals surface area contributed by atoms with Gasteiger partial charge in [-0.1, -0.05) is 44.2 Å². The lowest BCUT2D eigenvalue weighted by Crippen LogP contribution is -2.20. The van der Waals surface area contributed by atoms with Gasteiger partial charge in [0, 0.05) is 39.4 Å². The molecular formula is C28H24BrClN6O2. The molecule has 8 nitrogen and oxygen atoms in total. The minimum absolute atomic E-state index is 0. The Morgan fingerprint density at radius 2 is 1.79 bits per heavy atom. The van der Waals surface area contributed by atoms with Crippen molar-refractivity contribution in [1.82, 2.24) is 30.2 Å². The summed E-state index contributed by atoms with van der Waals surface area (Å²) in [6, 6.07) is 19.4. The molecule has 6 aromatic rings. The zero-order valence-electron chi connectivity index (χ0n) is 20.7. The summed E-state index contributed by atoms with van der Waals surface area (Å²) >= 11 is 3.77. The number of nitrogens with zero attached hydrogens (tertiary/aromatic N) is 5. The van der Waals surface area contributed by atoms with Crippen LogP contribution in [0.25, 0.3) is 44.6 Å². The van der Waals surface area contributed by atoms with Crippen molar-refractivity contribution < 1.29 is 4.42 Å². The number of furan rings is 1. The summed E-state index contributed by atoms with van der Waals surface area (Å²) in [4.78, 5) is 17.8. The van der Waals surface area contributed by atoms with Crippen molar-refractivity contribution in [3.63, 3.8) is 0 Å².